The summed E-state index contributed by atoms with van der Waals surface area (Å²) >= 11 is 0. The van der Waals surface area contributed by atoms with Crippen molar-refractivity contribution in [2.45, 2.75) is 20.4 Å². The molecule has 0 amide bonds. The number of Topliss-reactive ketones (excluding diaryl/α,β-unsaturated/α-hetero) is 1. The number of carbonyl (C=O) groups is 2. The van der Waals surface area contributed by atoms with Crippen LogP contribution in [0.1, 0.15) is 34.6 Å². The fourth-order valence-corrected chi connectivity index (χ4v) is 3.16. The lowest BCUT2D eigenvalue weighted by Crippen LogP contribution is -2.43. The van der Waals surface area contributed by atoms with Crippen molar-refractivity contribution in [2.75, 3.05) is 12.3 Å². The second-order valence-electron chi connectivity index (χ2n) is 7.85. The van der Waals surface area contributed by atoms with Crippen LogP contribution in [-0.4, -0.2) is 27.5 Å². The second-order valence-corrected chi connectivity index (χ2v) is 7.85. The van der Waals surface area contributed by atoms with E-state index in [0.717, 1.165) is 4.57 Å². The standard InChI is InChI=1S/C24H25N3O6/c1-15(2)13-27-21(25)20(22(29)26(3)24(27)31)19(28)14-32-23(30)16-9-11-18(12-10-16)33-17-7-5-4-6-8-17/h4-12,15H,13-14,25H2,1-3H3. The van der Waals surface area contributed by atoms with Gasteiger partial charge in [0, 0.05) is 13.6 Å². The molecule has 2 N–H and O–H groups in total. The first-order valence-corrected chi connectivity index (χ1v) is 10.3. The Labute approximate surface area is 190 Å². The molecule has 0 radical (unpaired) electrons. The van der Waals surface area contributed by atoms with Crippen LogP contribution in [0, 0.1) is 5.92 Å². The largest absolute Gasteiger partial charge is 0.457 e. The summed E-state index contributed by atoms with van der Waals surface area (Å²) in [4.78, 5) is 49.9. The number of aromatic nitrogens is 2. The Morgan fingerprint density at radius 3 is 2.18 bits per heavy atom. The van der Waals surface area contributed by atoms with Gasteiger partial charge in [0.15, 0.2) is 6.61 Å². The number of nitrogens with zero attached hydrogens (tertiary/aromatic N) is 2. The van der Waals surface area contributed by atoms with E-state index in [1.165, 1.54) is 23.7 Å². The molecular formula is C24H25N3O6. The summed E-state index contributed by atoms with van der Waals surface area (Å²) in [5, 5.41) is 0. The van der Waals surface area contributed by atoms with E-state index in [0.29, 0.717) is 11.5 Å². The van der Waals surface area contributed by atoms with Crippen LogP contribution in [0.4, 0.5) is 5.82 Å². The second kappa shape index (κ2) is 9.99. The zero-order chi connectivity index (χ0) is 24.1. The fourth-order valence-electron chi connectivity index (χ4n) is 3.16. The van der Waals surface area contributed by atoms with Crippen molar-refractivity contribution in [3.8, 4) is 11.5 Å². The predicted octanol–water partition coefficient (Wildman–Crippen LogP) is 2.62. The molecule has 172 valence electrons. The molecule has 33 heavy (non-hydrogen) atoms. The highest BCUT2D eigenvalue weighted by Crippen LogP contribution is 2.21. The number of hydrogen-bond acceptors (Lipinski definition) is 7. The molecule has 0 unspecified atom stereocenters. The SMILES string of the molecule is CC(C)Cn1c(N)c(C(=O)COC(=O)c2ccc(Oc3ccccc3)cc2)c(=O)n(C)c1=O. The number of carbonyl (C=O) groups excluding carboxylic acids is 2. The maximum Gasteiger partial charge on any atom is 0.338 e. The molecule has 3 rings (SSSR count). The summed E-state index contributed by atoms with van der Waals surface area (Å²) in [5.74, 6) is -0.546. The third-order valence-corrected chi connectivity index (χ3v) is 4.81. The topological polar surface area (TPSA) is 123 Å². The van der Waals surface area contributed by atoms with E-state index in [1.807, 2.05) is 32.0 Å². The van der Waals surface area contributed by atoms with Crippen molar-refractivity contribution in [3.63, 3.8) is 0 Å². The Bertz CT molecular complexity index is 1270. The van der Waals surface area contributed by atoms with Gasteiger partial charge in [-0.2, -0.15) is 0 Å². The van der Waals surface area contributed by atoms with Crippen LogP contribution in [0.3, 0.4) is 0 Å². The number of hydrogen-bond donors (Lipinski definition) is 1. The van der Waals surface area contributed by atoms with Crippen molar-refractivity contribution in [1.29, 1.82) is 0 Å². The minimum Gasteiger partial charge on any atom is -0.457 e. The van der Waals surface area contributed by atoms with Gasteiger partial charge in [-0.05, 0) is 42.3 Å². The van der Waals surface area contributed by atoms with Crippen molar-refractivity contribution < 1.29 is 19.1 Å². The average Bonchev–Trinajstić information content (AvgIpc) is 2.80. The average molecular weight is 451 g/mol. The molecule has 0 bridgehead atoms. The number of benzene rings is 2. The van der Waals surface area contributed by atoms with Gasteiger partial charge in [0.05, 0.1) is 5.56 Å². The Balaban J connectivity index is 1.72. The van der Waals surface area contributed by atoms with E-state index in [4.69, 9.17) is 15.2 Å². The highest BCUT2D eigenvalue weighted by Gasteiger charge is 2.23. The summed E-state index contributed by atoms with van der Waals surface area (Å²) < 4.78 is 12.7. The number of para-hydroxylation sites is 1. The summed E-state index contributed by atoms with van der Waals surface area (Å²) in [7, 11) is 1.27. The monoisotopic (exact) mass is 451 g/mol. The number of esters is 1. The van der Waals surface area contributed by atoms with Crippen LogP contribution in [0.5, 0.6) is 11.5 Å². The molecule has 0 aliphatic heterocycles. The van der Waals surface area contributed by atoms with Gasteiger partial charge in [-0.1, -0.05) is 32.0 Å². The Kier molecular flexibility index (Phi) is 7.12. The van der Waals surface area contributed by atoms with Crippen LogP contribution in [-0.2, 0) is 18.3 Å². The van der Waals surface area contributed by atoms with Crippen molar-refractivity contribution in [1.82, 2.24) is 9.13 Å². The first-order chi connectivity index (χ1) is 15.7. The lowest BCUT2D eigenvalue weighted by Gasteiger charge is -2.16. The molecule has 0 saturated heterocycles. The van der Waals surface area contributed by atoms with Crippen molar-refractivity contribution in [2.24, 2.45) is 13.0 Å². The molecule has 0 aliphatic carbocycles. The highest BCUT2D eigenvalue weighted by molar-refractivity contribution is 6.02. The van der Waals surface area contributed by atoms with E-state index >= 15 is 0 Å². The molecule has 1 heterocycles. The number of ether oxygens (including phenoxy) is 2. The first kappa shape index (κ1) is 23.5. The quantitative estimate of drug-likeness (QED) is 0.412. The van der Waals surface area contributed by atoms with Gasteiger partial charge >= 0.3 is 11.7 Å². The molecule has 0 aliphatic rings. The minimum atomic E-state index is -0.832. The molecule has 0 atom stereocenters. The number of nitrogens with two attached hydrogens (primary N) is 1. The maximum atomic E-state index is 12.7. The van der Waals surface area contributed by atoms with E-state index in [1.54, 1.807) is 24.3 Å². The van der Waals surface area contributed by atoms with Crippen LogP contribution in [0.25, 0.3) is 0 Å². The summed E-state index contributed by atoms with van der Waals surface area (Å²) in [6, 6.07) is 15.3. The molecular weight excluding hydrogens is 426 g/mol. The zero-order valence-corrected chi connectivity index (χ0v) is 18.6. The third kappa shape index (κ3) is 5.38. The first-order valence-electron chi connectivity index (χ1n) is 10.3. The van der Waals surface area contributed by atoms with Gasteiger partial charge in [0.1, 0.15) is 22.9 Å². The summed E-state index contributed by atoms with van der Waals surface area (Å²) in [5.41, 5.74) is 4.35. The fraction of sp³-hybridized carbons (Fsp3) is 0.250. The number of rotatable bonds is 8. The lowest BCUT2D eigenvalue weighted by atomic mass is 10.1. The molecule has 9 heteroatoms. The van der Waals surface area contributed by atoms with Crippen LogP contribution in [0.2, 0.25) is 0 Å². The van der Waals surface area contributed by atoms with Crippen LogP contribution < -0.4 is 21.7 Å². The van der Waals surface area contributed by atoms with E-state index in [2.05, 4.69) is 0 Å². The Hall–Kier alpha value is -4.14. The van der Waals surface area contributed by atoms with Gasteiger partial charge in [0.2, 0.25) is 5.78 Å². The predicted molar refractivity (Wildman–Crippen MR) is 123 cm³/mol. The van der Waals surface area contributed by atoms with Gasteiger partial charge in [-0.25, -0.2) is 9.59 Å². The van der Waals surface area contributed by atoms with Crippen LogP contribution in [0.15, 0.2) is 64.2 Å². The van der Waals surface area contributed by atoms with Gasteiger partial charge in [-0.3, -0.25) is 18.7 Å². The van der Waals surface area contributed by atoms with Crippen LogP contribution >= 0.6 is 0 Å². The van der Waals surface area contributed by atoms with E-state index in [-0.39, 0.29) is 29.4 Å². The maximum absolute atomic E-state index is 12.7. The molecule has 0 spiro atoms. The van der Waals surface area contributed by atoms with Gasteiger partial charge in [0.25, 0.3) is 5.56 Å². The Morgan fingerprint density at radius 2 is 1.58 bits per heavy atom. The van der Waals surface area contributed by atoms with Gasteiger partial charge < -0.3 is 15.2 Å². The summed E-state index contributed by atoms with van der Waals surface area (Å²) in [6.07, 6.45) is 0. The number of ketones is 1. The highest BCUT2D eigenvalue weighted by atomic mass is 16.5. The smallest absolute Gasteiger partial charge is 0.338 e. The molecule has 0 saturated carbocycles. The van der Waals surface area contributed by atoms with Crippen molar-refractivity contribution >= 4 is 17.6 Å². The van der Waals surface area contributed by atoms with E-state index in [9.17, 15) is 19.2 Å². The number of anilines is 1. The third-order valence-electron chi connectivity index (χ3n) is 4.81. The minimum absolute atomic E-state index is 0.0529. The molecule has 3 aromatic rings. The molecule has 2 aromatic carbocycles. The number of nitrogen functional groups attached to an aromatic ring is 1. The Morgan fingerprint density at radius 1 is 0.970 bits per heavy atom. The van der Waals surface area contributed by atoms with E-state index < -0.39 is 29.6 Å². The van der Waals surface area contributed by atoms with Gasteiger partial charge in [-0.15, -0.1) is 0 Å². The molecule has 9 nitrogen and oxygen atoms in total. The molecule has 0 fully saturated rings. The normalized spacial score (nSPS) is 10.8. The lowest BCUT2D eigenvalue weighted by molar-refractivity contribution is 0.0474. The molecule has 1 aromatic heterocycles. The van der Waals surface area contributed by atoms with Crippen molar-refractivity contribution in [3.05, 3.63) is 86.6 Å². The summed E-state index contributed by atoms with van der Waals surface area (Å²) in [6.45, 7) is 3.28. The zero-order valence-electron chi connectivity index (χ0n) is 18.6.